The highest BCUT2D eigenvalue weighted by molar-refractivity contribution is 5.76. The fourth-order valence-electron chi connectivity index (χ4n) is 4.94. The number of carbonyl (C=O) groups is 1. The maximum absolute atomic E-state index is 12.6. The first-order valence-electron chi connectivity index (χ1n) is 9.58. The molecule has 3 rings (SSSR count). The molecule has 1 amide bonds. The molecule has 0 saturated heterocycles. The van der Waals surface area contributed by atoms with E-state index in [1.807, 2.05) is 13.0 Å². The summed E-state index contributed by atoms with van der Waals surface area (Å²) >= 11 is 0. The lowest BCUT2D eigenvalue weighted by Gasteiger charge is -2.45. The molecule has 2 saturated carbocycles. The number of nitrogens with two attached hydrogens (primary N) is 1. The number of fused-ring (bicyclic) bond motifs is 2. The van der Waals surface area contributed by atoms with Crippen LogP contribution in [0.3, 0.4) is 0 Å². The maximum atomic E-state index is 12.6. The van der Waals surface area contributed by atoms with Gasteiger partial charge in [0.25, 0.3) is 5.56 Å². The number of nitriles is 1. The van der Waals surface area contributed by atoms with Crippen LogP contribution in [0.2, 0.25) is 0 Å². The van der Waals surface area contributed by atoms with Gasteiger partial charge in [0.15, 0.2) is 0 Å². The number of hydrogen-bond donors (Lipinski definition) is 3. The van der Waals surface area contributed by atoms with Gasteiger partial charge in [-0.15, -0.1) is 0 Å². The summed E-state index contributed by atoms with van der Waals surface area (Å²) in [4.78, 5) is 27.1. The number of aromatic amines is 1. The van der Waals surface area contributed by atoms with E-state index in [1.165, 1.54) is 6.42 Å². The van der Waals surface area contributed by atoms with E-state index in [4.69, 9.17) is 11.0 Å². The Labute approximate surface area is 154 Å². The van der Waals surface area contributed by atoms with E-state index < -0.39 is 0 Å². The van der Waals surface area contributed by atoms with Crippen LogP contribution in [0.15, 0.2) is 4.79 Å². The predicted octanol–water partition coefficient (Wildman–Crippen LogP) is 1.82. The zero-order valence-corrected chi connectivity index (χ0v) is 15.6. The van der Waals surface area contributed by atoms with Gasteiger partial charge in [-0.25, -0.2) is 0 Å². The van der Waals surface area contributed by atoms with E-state index in [2.05, 4.69) is 10.3 Å². The molecule has 0 spiro atoms. The number of hydrogen-bond acceptors (Lipinski definition) is 4. The second-order valence-corrected chi connectivity index (χ2v) is 7.95. The second-order valence-electron chi connectivity index (χ2n) is 7.95. The Morgan fingerprint density at radius 2 is 1.96 bits per heavy atom. The molecule has 2 aliphatic carbocycles. The maximum Gasteiger partial charge on any atom is 0.266 e. The topological polar surface area (TPSA) is 112 Å². The van der Waals surface area contributed by atoms with Crippen molar-refractivity contribution in [2.75, 3.05) is 0 Å². The van der Waals surface area contributed by atoms with Gasteiger partial charge < -0.3 is 16.0 Å². The van der Waals surface area contributed by atoms with Crippen molar-refractivity contribution in [2.45, 2.75) is 70.9 Å². The van der Waals surface area contributed by atoms with Crippen LogP contribution >= 0.6 is 0 Å². The smallest absolute Gasteiger partial charge is 0.266 e. The Balaban J connectivity index is 1.65. The van der Waals surface area contributed by atoms with Crippen molar-refractivity contribution < 1.29 is 4.79 Å². The fourth-order valence-corrected chi connectivity index (χ4v) is 4.94. The first-order valence-corrected chi connectivity index (χ1v) is 9.58. The lowest BCUT2D eigenvalue weighted by molar-refractivity contribution is -0.123. The molecule has 1 aromatic rings. The molecule has 0 aliphatic heterocycles. The number of nitrogens with zero attached hydrogens (tertiary/aromatic N) is 1. The summed E-state index contributed by atoms with van der Waals surface area (Å²) in [7, 11) is 0. The van der Waals surface area contributed by atoms with Gasteiger partial charge in [0.05, 0.1) is 0 Å². The zero-order chi connectivity index (χ0) is 18.8. The number of aromatic nitrogens is 1. The fraction of sp³-hybridized carbons (Fsp3) is 0.650. The van der Waals surface area contributed by atoms with E-state index in [0.29, 0.717) is 30.2 Å². The summed E-state index contributed by atoms with van der Waals surface area (Å²) in [5.41, 5.74) is 8.25. The quantitative estimate of drug-likeness (QED) is 0.764. The predicted molar refractivity (Wildman–Crippen MR) is 99.5 cm³/mol. The Morgan fingerprint density at radius 1 is 1.31 bits per heavy atom. The lowest BCUT2D eigenvalue weighted by Crippen LogP contribution is -2.53. The van der Waals surface area contributed by atoms with E-state index in [0.717, 1.165) is 36.9 Å². The number of pyridine rings is 1. The minimum absolute atomic E-state index is 0.0471. The van der Waals surface area contributed by atoms with Crippen molar-refractivity contribution in [3.8, 4) is 6.07 Å². The second kappa shape index (κ2) is 7.63. The van der Waals surface area contributed by atoms with Crippen LogP contribution in [0.4, 0.5) is 0 Å². The van der Waals surface area contributed by atoms with Crippen LogP contribution in [0.25, 0.3) is 0 Å². The molecule has 2 aliphatic rings. The summed E-state index contributed by atoms with van der Waals surface area (Å²) in [6, 6.07) is 2.48. The molecule has 26 heavy (non-hydrogen) atoms. The van der Waals surface area contributed by atoms with Gasteiger partial charge >= 0.3 is 0 Å². The minimum Gasteiger partial charge on any atom is -0.353 e. The molecule has 0 aromatic carbocycles. The molecule has 4 N–H and O–H groups in total. The summed E-state index contributed by atoms with van der Waals surface area (Å²) < 4.78 is 0. The van der Waals surface area contributed by atoms with Gasteiger partial charge in [0.2, 0.25) is 5.91 Å². The molecular weight excluding hydrogens is 328 g/mol. The molecule has 6 heteroatoms. The largest absolute Gasteiger partial charge is 0.353 e. The van der Waals surface area contributed by atoms with Crippen molar-refractivity contribution in [2.24, 2.45) is 17.6 Å². The molecule has 2 atom stereocenters. The molecule has 2 unspecified atom stereocenters. The van der Waals surface area contributed by atoms with Gasteiger partial charge in [-0.1, -0.05) is 6.42 Å². The first-order chi connectivity index (χ1) is 12.4. The van der Waals surface area contributed by atoms with Crippen LogP contribution in [-0.2, 0) is 11.2 Å². The van der Waals surface area contributed by atoms with Crippen molar-refractivity contribution in [3.05, 3.63) is 32.7 Å². The number of rotatable bonds is 4. The third-order valence-corrected chi connectivity index (χ3v) is 6.23. The number of carbonyl (C=O) groups excluding carboxylic acids is 1. The average Bonchev–Trinajstić information content (AvgIpc) is 2.55. The average molecular weight is 356 g/mol. The third-order valence-electron chi connectivity index (χ3n) is 6.23. The normalized spacial score (nSPS) is 27.6. The number of H-pyrrole nitrogens is 1. The van der Waals surface area contributed by atoms with Gasteiger partial charge in [-0.05, 0) is 68.9 Å². The molecule has 0 radical (unpaired) electrons. The van der Waals surface area contributed by atoms with Gasteiger partial charge in [0, 0.05) is 24.2 Å². The van der Waals surface area contributed by atoms with Crippen LogP contribution in [0.5, 0.6) is 0 Å². The SMILES string of the molecule is Cc1[nH]c(=O)c(C#N)c(C)c1CCC(=O)NC1C2CCCC1CC(N)C2. The highest BCUT2D eigenvalue weighted by atomic mass is 16.1. The highest BCUT2D eigenvalue weighted by Gasteiger charge is 2.39. The van der Waals surface area contributed by atoms with E-state index in [-0.39, 0.29) is 29.1 Å². The van der Waals surface area contributed by atoms with E-state index >= 15 is 0 Å². The van der Waals surface area contributed by atoms with Crippen LogP contribution in [0.1, 0.15) is 60.9 Å². The van der Waals surface area contributed by atoms with Crippen LogP contribution in [0, 0.1) is 37.0 Å². The molecule has 140 valence electrons. The Morgan fingerprint density at radius 3 is 2.58 bits per heavy atom. The van der Waals surface area contributed by atoms with Crippen LogP contribution in [-0.4, -0.2) is 23.0 Å². The molecule has 1 heterocycles. The number of aryl methyl sites for hydroxylation is 1. The molecule has 2 fully saturated rings. The standard InChI is InChI=1S/C20H28N4O2/c1-11-16(12(2)23-20(26)17(11)10-21)6-7-18(25)24-19-13-4-3-5-14(19)9-15(22)8-13/h13-15,19H,3-9,22H2,1-2H3,(H,23,26)(H,24,25). The van der Waals surface area contributed by atoms with Crippen LogP contribution < -0.4 is 16.6 Å². The Hall–Kier alpha value is -2.13. The third kappa shape index (κ3) is 3.68. The molecular formula is C20H28N4O2. The zero-order valence-electron chi connectivity index (χ0n) is 15.6. The van der Waals surface area contributed by atoms with Gasteiger partial charge in [-0.2, -0.15) is 5.26 Å². The van der Waals surface area contributed by atoms with Gasteiger partial charge in [0.1, 0.15) is 11.6 Å². The monoisotopic (exact) mass is 356 g/mol. The summed E-state index contributed by atoms with van der Waals surface area (Å²) in [5, 5.41) is 12.4. The molecule has 1 aromatic heterocycles. The Kier molecular flexibility index (Phi) is 5.47. The summed E-state index contributed by atoms with van der Waals surface area (Å²) in [6.45, 7) is 3.59. The van der Waals surface area contributed by atoms with Crippen molar-refractivity contribution >= 4 is 5.91 Å². The highest BCUT2D eigenvalue weighted by Crippen LogP contribution is 2.39. The number of nitrogens with one attached hydrogen (secondary N) is 2. The van der Waals surface area contributed by atoms with Gasteiger partial charge in [-0.3, -0.25) is 9.59 Å². The summed E-state index contributed by atoms with van der Waals surface area (Å²) in [6.07, 6.45) is 6.44. The molecule has 6 nitrogen and oxygen atoms in total. The van der Waals surface area contributed by atoms with Crippen molar-refractivity contribution in [1.82, 2.24) is 10.3 Å². The van der Waals surface area contributed by atoms with Crippen molar-refractivity contribution in [1.29, 1.82) is 5.26 Å². The van der Waals surface area contributed by atoms with E-state index in [9.17, 15) is 9.59 Å². The first kappa shape index (κ1) is 18.7. The summed E-state index contributed by atoms with van der Waals surface area (Å²) in [5.74, 6) is 1.05. The molecule has 2 bridgehead atoms. The number of amides is 1. The van der Waals surface area contributed by atoms with E-state index in [1.54, 1.807) is 6.92 Å². The van der Waals surface area contributed by atoms with Crippen molar-refractivity contribution in [3.63, 3.8) is 0 Å². The Bertz CT molecular complexity index is 778. The lowest BCUT2D eigenvalue weighted by atomic mass is 9.67. The minimum atomic E-state index is -0.359.